The molecule has 3 aromatic carbocycles. The predicted molar refractivity (Wildman–Crippen MR) is 156 cm³/mol. The van der Waals surface area contributed by atoms with Gasteiger partial charge in [0.05, 0.1) is 31.0 Å². The van der Waals surface area contributed by atoms with Gasteiger partial charge >= 0.3 is 0 Å². The summed E-state index contributed by atoms with van der Waals surface area (Å²) in [6, 6.07) is 20.2. The van der Waals surface area contributed by atoms with Gasteiger partial charge in [0, 0.05) is 40.1 Å². The molecular weight excluding hydrogens is 528 g/mol. The lowest BCUT2D eigenvalue weighted by molar-refractivity contribution is -0.115. The Labute approximate surface area is 237 Å². The van der Waals surface area contributed by atoms with Gasteiger partial charge in [-0.1, -0.05) is 23.7 Å². The Hall–Kier alpha value is -4.47. The van der Waals surface area contributed by atoms with Gasteiger partial charge in [-0.3, -0.25) is 9.59 Å². The Morgan fingerprint density at radius 1 is 1.10 bits per heavy atom. The third-order valence-electron chi connectivity index (χ3n) is 6.71. The second kappa shape index (κ2) is 11.7. The molecular formula is C30H29ClN6O3. The van der Waals surface area contributed by atoms with Gasteiger partial charge in [-0.05, 0) is 74.3 Å². The Bertz CT molecular complexity index is 1540. The number of methoxy groups -OCH3 is 1. The quantitative estimate of drug-likeness (QED) is 0.278. The molecule has 0 saturated carbocycles. The first kappa shape index (κ1) is 27.1. The van der Waals surface area contributed by atoms with Crippen LogP contribution in [0.25, 0.3) is 11.3 Å². The zero-order chi connectivity index (χ0) is 28.2. The van der Waals surface area contributed by atoms with Crippen molar-refractivity contribution in [2.45, 2.75) is 12.5 Å². The lowest BCUT2D eigenvalue weighted by Gasteiger charge is -2.25. The van der Waals surface area contributed by atoms with Gasteiger partial charge in [-0.2, -0.15) is 0 Å². The summed E-state index contributed by atoms with van der Waals surface area (Å²) in [5, 5.41) is 9.62. The zero-order valence-electron chi connectivity index (χ0n) is 22.4. The van der Waals surface area contributed by atoms with E-state index in [9.17, 15) is 9.59 Å². The highest BCUT2D eigenvalue weighted by molar-refractivity contribution is 6.31. The standard InChI is InChI=1S/C30H29ClN6O3/c1-37(2)26(18-6-11-23(40-3)12-7-18)17-32-29(39)19-4-9-22(10-5-19)34-30-33-16-20-14-27(38)35-25-15-21(31)8-13-24(25)28(20)36-30/h4-13,15-16,26H,14,17H2,1-3H3,(H,32,39)(H,35,38)(H,33,34,36). The van der Waals surface area contributed by atoms with E-state index in [0.717, 1.165) is 28.1 Å². The van der Waals surface area contributed by atoms with Crippen molar-refractivity contribution < 1.29 is 14.3 Å². The molecule has 1 aliphatic rings. The molecule has 1 aliphatic heterocycles. The molecule has 2 amide bonds. The van der Waals surface area contributed by atoms with Crippen LogP contribution in [0.3, 0.4) is 0 Å². The molecule has 0 fully saturated rings. The molecule has 2 heterocycles. The molecule has 0 radical (unpaired) electrons. The lowest BCUT2D eigenvalue weighted by Crippen LogP contribution is -2.34. The van der Waals surface area contributed by atoms with E-state index in [1.165, 1.54) is 0 Å². The first-order valence-electron chi connectivity index (χ1n) is 12.7. The Kier molecular flexibility index (Phi) is 7.95. The van der Waals surface area contributed by atoms with Gasteiger partial charge in [0.1, 0.15) is 5.75 Å². The Morgan fingerprint density at radius 2 is 1.85 bits per heavy atom. The topological polar surface area (TPSA) is 108 Å². The van der Waals surface area contributed by atoms with Crippen LogP contribution in [0.5, 0.6) is 5.75 Å². The average molecular weight is 557 g/mol. The van der Waals surface area contributed by atoms with E-state index in [2.05, 4.69) is 30.8 Å². The van der Waals surface area contributed by atoms with E-state index in [1.54, 1.807) is 49.7 Å². The van der Waals surface area contributed by atoms with E-state index < -0.39 is 0 Å². The minimum absolute atomic E-state index is 0.00723. The summed E-state index contributed by atoms with van der Waals surface area (Å²) in [6.07, 6.45) is 1.82. The lowest BCUT2D eigenvalue weighted by atomic mass is 10.1. The summed E-state index contributed by atoms with van der Waals surface area (Å²) in [5.74, 6) is 0.846. The van der Waals surface area contributed by atoms with Crippen molar-refractivity contribution in [1.29, 1.82) is 0 Å². The molecule has 1 aromatic heterocycles. The third kappa shape index (κ3) is 6.06. The second-order valence-corrected chi connectivity index (χ2v) is 10.1. The number of rotatable bonds is 8. The number of nitrogens with one attached hydrogen (secondary N) is 3. The molecule has 1 unspecified atom stereocenters. The van der Waals surface area contributed by atoms with Gasteiger partial charge in [0.2, 0.25) is 11.9 Å². The fraction of sp³-hybridized carbons (Fsp3) is 0.200. The van der Waals surface area contributed by atoms with E-state index in [0.29, 0.717) is 34.5 Å². The predicted octanol–water partition coefficient (Wildman–Crippen LogP) is 5.08. The highest BCUT2D eigenvalue weighted by Gasteiger charge is 2.21. The summed E-state index contributed by atoms with van der Waals surface area (Å²) < 4.78 is 5.25. The molecule has 0 spiro atoms. The molecule has 9 nitrogen and oxygen atoms in total. The molecule has 1 atom stereocenters. The maximum atomic E-state index is 12.9. The molecule has 0 bridgehead atoms. The van der Waals surface area contributed by atoms with Crippen molar-refractivity contribution in [3.8, 4) is 17.0 Å². The van der Waals surface area contributed by atoms with Crippen molar-refractivity contribution in [3.63, 3.8) is 0 Å². The first-order chi connectivity index (χ1) is 19.3. The van der Waals surface area contributed by atoms with Crippen LogP contribution in [-0.2, 0) is 11.2 Å². The maximum absolute atomic E-state index is 12.9. The number of ether oxygens (including phenoxy) is 1. The van der Waals surface area contributed by atoms with E-state index in [4.69, 9.17) is 16.3 Å². The van der Waals surface area contributed by atoms with Gasteiger partial charge in [-0.25, -0.2) is 9.97 Å². The average Bonchev–Trinajstić information content (AvgIpc) is 3.08. The molecule has 0 aliphatic carbocycles. The van der Waals surface area contributed by atoms with Crippen LogP contribution in [0.2, 0.25) is 5.02 Å². The van der Waals surface area contributed by atoms with Crippen LogP contribution in [0.4, 0.5) is 17.3 Å². The number of fused-ring (bicyclic) bond motifs is 3. The molecule has 5 rings (SSSR count). The minimum Gasteiger partial charge on any atom is -0.497 e. The summed E-state index contributed by atoms with van der Waals surface area (Å²) >= 11 is 6.13. The molecule has 4 aromatic rings. The number of hydrogen-bond acceptors (Lipinski definition) is 7. The van der Waals surface area contributed by atoms with E-state index >= 15 is 0 Å². The third-order valence-corrected chi connectivity index (χ3v) is 6.94. The van der Waals surface area contributed by atoms with Gasteiger partial charge in [-0.15, -0.1) is 0 Å². The Morgan fingerprint density at radius 3 is 2.55 bits per heavy atom. The van der Waals surface area contributed by atoms with Gasteiger partial charge in [0.15, 0.2) is 0 Å². The SMILES string of the molecule is COc1ccc(C(CNC(=O)c2ccc(Nc3ncc4c(n3)-c3ccc(Cl)cc3NC(=O)C4)cc2)N(C)C)cc1. The van der Waals surface area contributed by atoms with Crippen LogP contribution in [-0.4, -0.2) is 54.4 Å². The summed E-state index contributed by atoms with van der Waals surface area (Å²) in [4.78, 5) is 36.4. The number of aromatic nitrogens is 2. The van der Waals surface area contributed by atoms with Crippen molar-refractivity contribution in [1.82, 2.24) is 20.2 Å². The largest absolute Gasteiger partial charge is 0.497 e. The van der Waals surface area contributed by atoms with Crippen molar-refractivity contribution in [2.75, 3.05) is 38.4 Å². The number of likely N-dealkylation sites (N-methyl/N-ethyl adjacent to an activating group) is 1. The number of halogens is 1. The van der Waals surface area contributed by atoms with E-state index in [-0.39, 0.29) is 24.3 Å². The van der Waals surface area contributed by atoms with Crippen LogP contribution in [0.1, 0.15) is 27.5 Å². The van der Waals surface area contributed by atoms with Crippen molar-refractivity contribution in [3.05, 3.63) is 94.6 Å². The summed E-state index contributed by atoms with van der Waals surface area (Å²) in [5.41, 5.74) is 5.11. The highest BCUT2D eigenvalue weighted by Crippen LogP contribution is 2.35. The number of carbonyl (C=O) groups excluding carboxylic acids is 2. The van der Waals surface area contributed by atoms with Crippen molar-refractivity contribution >= 4 is 40.7 Å². The number of hydrogen-bond donors (Lipinski definition) is 3. The zero-order valence-corrected chi connectivity index (χ0v) is 23.1. The number of carbonyl (C=O) groups is 2. The van der Waals surface area contributed by atoms with Crippen LogP contribution in [0, 0.1) is 0 Å². The summed E-state index contributed by atoms with van der Waals surface area (Å²) in [7, 11) is 5.60. The Balaban J connectivity index is 1.27. The number of benzene rings is 3. The van der Waals surface area contributed by atoms with Crippen LogP contribution >= 0.6 is 11.6 Å². The van der Waals surface area contributed by atoms with Crippen LogP contribution in [0.15, 0.2) is 72.9 Å². The molecule has 204 valence electrons. The van der Waals surface area contributed by atoms with E-state index in [1.807, 2.05) is 44.4 Å². The van der Waals surface area contributed by atoms with Gasteiger partial charge < -0.3 is 25.6 Å². The fourth-order valence-electron chi connectivity index (χ4n) is 4.57. The molecule has 3 N–H and O–H groups in total. The minimum atomic E-state index is -0.166. The number of anilines is 3. The van der Waals surface area contributed by atoms with Gasteiger partial charge in [0.25, 0.3) is 5.91 Å². The molecule has 40 heavy (non-hydrogen) atoms. The smallest absolute Gasteiger partial charge is 0.251 e. The monoisotopic (exact) mass is 556 g/mol. The van der Waals surface area contributed by atoms with Crippen molar-refractivity contribution in [2.24, 2.45) is 0 Å². The number of nitrogens with zero attached hydrogens (tertiary/aromatic N) is 3. The normalized spacial score (nSPS) is 13.0. The van der Waals surface area contributed by atoms with Crippen LogP contribution < -0.4 is 20.7 Å². The second-order valence-electron chi connectivity index (χ2n) is 9.65. The fourth-order valence-corrected chi connectivity index (χ4v) is 4.75. The highest BCUT2D eigenvalue weighted by atomic mass is 35.5. The molecule has 10 heteroatoms. The maximum Gasteiger partial charge on any atom is 0.251 e. The number of amides is 2. The summed E-state index contributed by atoms with van der Waals surface area (Å²) in [6.45, 7) is 0.450. The molecule has 0 saturated heterocycles. The first-order valence-corrected chi connectivity index (χ1v) is 13.1.